The number of hydrogen-bond acceptors (Lipinski definition) is 5. The summed E-state index contributed by atoms with van der Waals surface area (Å²) in [5.74, 6) is -0.188. The van der Waals surface area contributed by atoms with E-state index in [1.54, 1.807) is 28.4 Å². The molecule has 1 unspecified atom stereocenters. The molecule has 0 bridgehead atoms. The highest BCUT2D eigenvalue weighted by Gasteiger charge is 2.15. The molecule has 3 aromatic heterocycles. The second kappa shape index (κ2) is 6.93. The van der Waals surface area contributed by atoms with Crippen molar-refractivity contribution in [1.29, 1.82) is 0 Å². The summed E-state index contributed by atoms with van der Waals surface area (Å²) in [6, 6.07) is 11.4. The molecule has 8 heteroatoms. The third-order valence-electron chi connectivity index (χ3n) is 4.06. The van der Waals surface area contributed by atoms with Gasteiger partial charge in [0.05, 0.1) is 17.4 Å². The first-order valence-corrected chi connectivity index (χ1v) is 8.99. The van der Waals surface area contributed by atoms with E-state index in [2.05, 4.69) is 25.6 Å². The van der Waals surface area contributed by atoms with Gasteiger partial charge in [-0.3, -0.25) is 9.89 Å². The zero-order valence-electron chi connectivity index (χ0n) is 14.0. The molecule has 1 aromatic carbocycles. The Morgan fingerprint density at radius 1 is 1.27 bits per heavy atom. The summed E-state index contributed by atoms with van der Waals surface area (Å²) in [5.41, 5.74) is 4.12. The zero-order chi connectivity index (χ0) is 17.9. The average molecular weight is 364 g/mol. The molecule has 2 N–H and O–H groups in total. The number of rotatable bonds is 5. The van der Waals surface area contributed by atoms with E-state index < -0.39 is 0 Å². The van der Waals surface area contributed by atoms with Gasteiger partial charge in [0.2, 0.25) is 0 Å². The van der Waals surface area contributed by atoms with Gasteiger partial charge in [-0.2, -0.15) is 21.5 Å². The Morgan fingerprint density at radius 2 is 2.12 bits per heavy atom. The first-order valence-electron chi connectivity index (χ1n) is 8.04. The van der Waals surface area contributed by atoms with Gasteiger partial charge in [-0.1, -0.05) is 12.1 Å². The standard InChI is InChI=1S/C18H16N6OS/c1-12(13-2-4-15(5-3-13)24-11-19-10-20-24)21-18(25)17-8-16(22-23-17)14-6-7-26-9-14/h2-12H,1H3,(H,21,25)(H,22,23). The van der Waals surface area contributed by atoms with Crippen molar-refractivity contribution in [1.82, 2.24) is 30.3 Å². The SMILES string of the molecule is CC(NC(=O)c1cc(-c2ccsc2)n[nH]1)c1ccc(-n2cncn2)cc1. The Hall–Kier alpha value is -3.26. The van der Waals surface area contributed by atoms with E-state index in [-0.39, 0.29) is 11.9 Å². The molecule has 3 heterocycles. The van der Waals surface area contributed by atoms with Crippen LogP contribution in [0.2, 0.25) is 0 Å². The third kappa shape index (κ3) is 3.27. The van der Waals surface area contributed by atoms with Crippen LogP contribution in [0.5, 0.6) is 0 Å². The lowest BCUT2D eigenvalue weighted by molar-refractivity contribution is 0.0935. The van der Waals surface area contributed by atoms with E-state index in [0.717, 1.165) is 22.5 Å². The molecule has 7 nitrogen and oxygen atoms in total. The minimum atomic E-state index is -0.188. The first-order chi connectivity index (χ1) is 12.7. The van der Waals surface area contributed by atoms with E-state index in [9.17, 15) is 4.79 Å². The summed E-state index contributed by atoms with van der Waals surface area (Å²) in [6.07, 6.45) is 3.13. The van der Waals surface area contributed by atoms with Crippen molar-refractivity contribution in [3.63, 3.8) is 0 Å². The fourth-order valence-electron chi connectivity index (χ4n) is 2.61. The van der Waals surface area contributed by atoms with E-state index in [0.29, 0.717) is 5.69 Å². The fraction of sp³-hybridized carbons (Fsp3) is 0.111. The Morgan fingerprint density at radius 3 is 2.81 bits per heavy atom. The molecule has 4 aromatic rings. The molecule has 1 atom stereocenters. The molecule has 0 fully saturated rings. The van der Waals surface area contributed by atoms with Crippen molar-refractivity contribution in [3.05, 3.63) is 71.1 Å². The minimum absolute atomic E-state index is 0.139. The average Bonchev–Trinajstić information content (AvgIpc) is 3.43. The van der Waals surface area contributed by atoms with Crippen LogP contribution in [0.4, 0.5) is 0 Å². The van der Waals surface area contributed by atoms with Gasteiger partial charge in [0.25, 0.3) is 5.91 Å². The number of hydrogen-bond donors (Lipinski definition) is 2. The number of carbonyl (C=O) groups is 1. The summed E-state index contributed by atoms with van der Waals surface area (Å²) < 4.78 is 1.68. The van der Waals surface area contributed by atoms with Crippen molar-refractivity contribution in [2.45, 2.75) is 13.0 Å². The highest BCUT2D eigenvalue weighted by molar-refractivity contribution is 7.08. The highest BCUT2D eigenvalue weighted by Crippen LogP contribution is 2.21. The van der Waals surface area contributed by atoms with E-state index >= 15 is 0 Å². The first kappa shape index (κ1) is 16.2. The molecule has 0 saturated carbocycles. The molecule has 0 aliphatic heterocycles. The van der Waals surface area contributed by atoms with Crippen molar-refractivity contribution < 1.29 is 4.79 Å². The van der Waals surface area contributed by atoms with Crippen LogP contribution in [0.1, 0.15) is 29.0 Å². The van der Waals surface area contributed by atoms with E-state index in [1.165, 1.54) is 6.33 Å². The lowest BCUT2D eigenvalue weighted by Gasteiger charge is -2.14. The lowest BCUT2D eigenvalue weighted by Crippen LogP contribution is -2.26. The molecule has 130 valence electrons. The van der Waals surface area contributed by atoms with Crippen LogP contribution in [0.3, 0.4) is 0 Å². The van der Waals surface area contributed by atoms with Crippen molar-refractivity contribution in [2.24, 2.45) is 0 Å². The summed E-state index contributed by atoms with van der Waals surface area (Å²) in [7, 11) is 0. The number of thiophene rings is 1. The maximum absolute atomic E-state index is 12.5. The topological polar surface area (TPSA) is 88.5 Å². The number of nitrogens with zero attached hydrogens (tertiary/aromatic N) is 4. The lowest BCUT2D eigenvalue weighted by atomic mass is 10.1. The molecule has 26 heavy (non-hydrogen) atoms. The van der Waals surface area contributed by atoms with Crippen LogP contribution in [-0.4, -0.2) is 30.9 Å². The van der Waals surface area contributed by atoms with Gasteiger partial charge >= 0.3 is 0 Å². The maximum Gasteiger partial charge on any atom is 0.269 e. The Kier molecular flexibility index (Phi) is 4.32. The Bertz CT molecular complexity index is 989. The predicted octanol–water partition coefficient (Wildman–Crippen LogP) is 3.21. The van der Waals surface area contributed by atoms with Gasteiger partial charge in [-0.15, -0.1) is 0 Å². The number of nitrogens with one attached hydrogen (secondary N) is 2. The van der Waals surface area contributed by atoms with Crippen molar-refractivity contribution >= 4 is 17.2 Å². The van der Waals surface area contributed by atoms with Gasteiger partial charge < -0.3 is 5.32 Å². The smallest absolute Gasteiger partial charge is 0.269 e. The number of amides is 1. The highest BCUT2D eigenvalue weighted by atomic mass is 32.1. The molecule has 0 aliphatic rings. The van der Waals surface area contributed by atoms with E-state index in [1.807, 2.05) is 48.0 Å². The molecular formula is C18H16N6OS. The van der Waals surface area contributed by atoms with Crippen LogP contribution in [0.15, 0.2) is 59.8 Å². The van der Waals surface area contributed by atoms with Crippen molar-refractivity contribution in [3.8, 4) is 16.9 Å². The molecule has 1 amide bonds. The number of aromatic amines is 1. The molecule has 0 spiro atoms. The van der Waals surface area contributed by atoms with Gasteiger partial charge in [0.1, 0.15) is 18.3 Å². The number of carbonyl (C=O) groups excluding carboxylic acids is 1. The number of aromatic nitrogens is 5. The third-order valence-corrected chi connectivity index (χ3v) is 4.75. The van der Waals surface area contributed by atoms with Gasteiger partial charge in [0, 0.05) is 10.9 Å². The second-order valence-electron chi connectivity index (χ2n) is 5.81. The second-order valence-corrected chi connectivity index (χ2v) is 6.59. The normalized spacial score (nSPS) is 12.0. The molecule has 4 rings (SSSR count). The quantitative estimate of drug-likeness (QED) is 0.569. The van der Waals surface area contributed by atoms with Crippen LogP contribution in [0, 0.1) is 0 Å². The molecule has 0 saturated heterocycles. The summed E-state index contributed by atoms with van der Waals surface area (Å²) >= 11 is 1.60. The Labute approximate surface area is 153 Å². The largest absolute Gasteiger partial charge is 0.344 e. The van der Waals surface area contributed by atoms with Crippen molar-refractivity contribution in [2.75, 3.05) is 0 Å². The van der Waals surface area contributed by atoms with Crippen LogP contribution >= 0.6 is 11.3 Å². The summed E-state index contributed by atoms with van der Waals surface area (Å²) in [6.45, 7) is 1.94. The Balaban J connectivity index is 1.44. The van der Waals surface area contributed by atoms with Gasteiger partial charge in [-0.25, -0.2) is 9.67 Å². The van der Waals surface area contributed by atoms with Crippen LogP contribution in [0.25, 0.3) is 16.9 Å². The van der Waals surface area contributed by atoms with Crippen LogP contribution < -0.4 is 5.32 Å². The van der Waals surface area contributed by atoms with E-state index in [4.69, 9.17) is 0 Å². The summed E-state index contributed by atoms with van der Waals surface area (Å²) in [5, 5.41) is 18.1. The minimum Gasteiger partial charge on any atom is -0.344 e. The van der Waals surface area contributed by atoms with Crippen LogP contribution in [-0.2, 0) is 0 Å². The van der Waals surface area contributed by atoms with Gasteiger partial charge in [0.15, 0.2) is 0 Å². The number of benzene rings is 1. The zero-order valence-corrected chi connectivity index (χ0v) is 14.8. The predicted molar refractivity (Wildman–Crippen MR) is 99.1 cm³/mol. The number of H-pyrrole nitrogens is 1. The fourth-order valence-corrected chi connectivity index (χ4v) is 3.26. The molecule has 0 radical (unpaired) electrons. The maximum atomic E-state index is 12.5. The van der Waals surface area contributed by atoms with Gasteiger partial charge in [-0.05, 0) is 42.1 Å². The molecular weight excluding hydrogens is 348 g/mol. The molecule has 0 aliphatic carbocycles. The monoisotopic (exact) mass is 364 g/mol. The summed E-state index contributed by atoms with van der Waals surface area (Å²) in [4.78, 5) is 16.4.